The average Bonchev–Trinajstić information content (AvgIpc) is 2.40. The molecule has 1 aromatic carbocycles. The van der Waals surface area contributed by atoms with Crippen molar-refractivity contribution in [1.82, 2.24) is 10.3 Å². The third kappa shape index (κ3) is 3.31. The van der Waals surface area contributed by atoms with Crippen LogP contribution in [-0.2, 0) is 0 Å². The van der Waals surface area contributed by atoms with Gasteiger partial charge in [-0.2, -0.15) is 0 Å². The summed E-state index contributed by atoms with van der Waals surface area (Å²) in [5.41, 5.74) is 1.04. The van der Waals surface area contributed by atoms with E-state index in [4.69, 9.17) is 23.2 Å². The minimum Gasteiger partial charge on any atom is -0.305 e. The molecule has 0 saturated heterocycles. The number of nitrogens with zero attached hydrogens (tertiary/aromatic N) is 1. The Kier molecular flexibility index (Phi) is 5.38. The maximum absolute atomic E-state index is 14.3. The lowest BCUT2D eigenvalue weighted by molar-refractivity contribution is 0.548. The Morgan fingerprint density at radius 1 is 1.40 bits per heavy atom. The summed E-state index contributed by atoms with van der Waals surface area (Å²) >= 11 is 15.2. The van der Waals surface area contributed by atoms with E-state index >= 15 is 0 Å². The van der Waals surface area contributed by atoms with E-state index < -0.39 is 6.04 Å². The lowest BCUT2D eigenvalue weighted by atomic mass is 10.0. The Morgan fingerprint density at radius 2 is 2.15 bits per heavy atom. The molecule has 0 aliphatic rings. The summed E-state index contributed by atoms with van der Waals surface area (Å²) in [6.45, 7) is 2.59. The maximum Gasteiger partial charge on any atom is 0.142 e. The Hall–Kier alpha value is -0.680. The van der Waals surface area contributed by atoms with Crippen molar-refractivity contribution in [3.8, 4) is 0 Å². The van der Waals surface area contributed by atoms with Gasteiger partial charge < -0.3 is 5.32 Å². The Labute approximate surface area is 135 Å². The van der Waals surface area contributed by atoms with E-state index in [0.717, 1.165) is 0 Å². The third-order valence-corrected chi connectivity index (χ3v) is 3.93. The highest BCUT2D eigenvalue weighted by Crippen LogP contribution is 2.31. The molecule has 0 bridgehead atoms. The predicted octanol–water partition coefficient (Wildman–Crippen LogP) is 4.99. The van der Waals surface area contributed by atoms with Crippen LogP contribution in [0, 0.1) is 5.82 Å². The van der Waals surface area contributed by atoms with Gasteiger partial charge in [0.1, 0.15) is 5.82 Å². The highest BCUT2D eigenvalue weighted by molar-refractivity contribution is 9.10. The van der Waals surface area contributed by atoms with Crippen LogP contribution in [0.4, 0.5) is 4.39 Å². The van der Waals surface area contributed by atoms with E-state index in [9.17, 15) is 4.39 Å². The first kappa shape index (κ1) is 15.7. The number of hydrogen-bond donors (Lipinski definition) is 1. The SMILES string of the molecule is CCNC(c1cccc(Br)c1F)c1ncc(Cl)cc1Cl. The molecule has 0 aliphatic heterocycles. The van der Waals surface area contributed by atoms with Gasteiger partial charge in [0, 0.05) is 11.8 Å². The fraction of sp³-hybridized carbons (Fsp3) is 0.214. The molecule has 1 heterocycles. The van der Waals surface area contributed by atoms with Crippen LogP contribution in [0.3, 0.4) is 0 Å². The Balaban J connectivity index is 2.53. The molecule has 0 fully saturated rings. The Morgan fingerprint density at radius 3 is 2.80 bits per heavy atom. The van der Waals surface area contributed by atoms with Crippen molar-refractivity contribution >= 4 is 39.1 Å². The lowest BCUT2D eigenvalue weighted by Gasteiger charge is -2.20. The first-order valence-electron chi connectivity index (χ1n) is 6.02. The first-order valence-corrected chi connectivity index (χ1v) is 7.57. The van der Waals surface area contributed by atoms with Crippen LogP contribution < -0.4 is 5.32 Å². The number of pyridine rings is 1. The standard InChI is InChI=1S/C14H12BrCl2FN2/c1-2-19-13(9-4-3-5-10(15)12(9)18)14-11(17)6-8(16)7-20-14/h3-7,13,19H,2H2,1H3. The van der Waals surface area contributed by atoms with Crippen LogP contribution in [0.15, 0.2) is 34.9 Å². The zero-order valence-electron chi connectivity index (χ0n) is 10.6. The van der Waals surface area contributed by atoms with Gasteiger partial charge in [0.2, 0.25) is 0 Å². The number of aromatic nitrogens is 1. The third-order valence-electron chi connectivity index (χ3n) is 2.81. The van der Waals surface area contributed by atoms with Crippen molar-refractivity contribution in [2.24, 2.45) is 0 Å². The quantitative estimate of drug-likeness (QED) is 0.811. The van der Waals surface area contributed by atoms with Crippen LogP contribution in [0.2, 0.25) is 10.0 Å². The molecule has 106 valence electrons. The summed E-state index contributed by atoms with van der Waals surface area (Å²) in [5.74, 6) is -0.328. The summed E-state index contributed by atoms with van der Waals surface area (Å²) in [7, 11) is 0. The van der Waals surface area contributed by atoms with E-state index in [2.05, 4.69) is 26.2 Å². The lowest BCUT2D eigenvalue weighted by Crippen LogP contribution is -2.24. The molecule has 0 saturated carbocycles. The summed E-state index contributed by atoms with van der Waals surface area (Å²) < 4.78 is 14.7. The number of benzene rings is 1. The molecule has 2 aromatic rings. The van der Waals surface area contributed by atoms with Crippen LogP contribution >= 0.6 is 39.1 Å². The monoisotopic (exact) mass is 376 g/mol. The van der Waals surface area contributed by atoms with Gasteiger partial charge in [-0.1, -0.05) is 42.3 Å². The van der Waals surface area contributed by atoms with Gasteiger partial charge in [-0.3, -0.25) is 4.98 Å². The smallest absolute Gasteiger partial charge is 0.142 e. The minimum atomic E-state index is -0.428. The number of halogens is 4. The maximum atomic E-state index is 14.3. The Bertz CT molecular complexity index is 622. The van der Waals surface area contributed by atoms with Gasteiger partial charge in [-0.05, 0) is 34.6 Å². The van der Waals surface area contributed by atoms with Gasteiger partial charge in [0.05, 0.1) is 26.3 Å². The molecular weight excluding hydrogens is 366 g/mol. The van der Waals surface area contributed by atoms with Crippen molar-refractivity contribution in [2.75, 3.05) is 6.54 Å². The van der Waals surface area contributed by atoms with E-state index in [1.165, 1.54) is 6.20 Å². The second-order valence-electron chi connectivity index (χ2n) is 4.15. The van der Waals surface area contributed by atoms with Gasteiger partial charge in [-0.15, -0.1) is 0 Å². The normalized spacial score (nSPS) is 12.4. The zero-order valence-corrected chi connectivity index (χ0v) is 13.7. The van der Waals surface area contributed by atoms with Gasteiger partial charge in [0.25, 0.3) is 0 Å². The molecular formula is C14H12BrCl2FN2. The molecule has 0 radical (unpaired) electrons. The number of rotatable bonds is 4. The fourth-order valence-corrected chi connectivity index (χ4v) is 2.81. The molecule has 0 spiro atoms. The molecule has 1 unspecified atom stereocenters. The van der Waals surface area contributed by atoms with Crippen molar-refractivity contribution in [2.45, 2.75) is 13.0 Å². The van der Waals surface area contributed by atoms with E-state index in [-0.39, 0.29) is 5.82 Å². The highest BCUT2D eigenvalue weighted by atomic mass is 79.9. The van der Waals surface area contributed by atoms with Crippen LogP contribution in [0.1, 0.15) is 24.2 Å². The van der Waals surface area contributed by atoms with Crippen LogP contribution in [0.25, 0.3) is 0 Å². The van der Waals surface area contributed by atoms with Crippen LogP contribution in [-0.4, -0.2) is 11.5 Å². The topological polar surface area (TPSA) is 24.9 Å². The second kappa shape index (κ2) is 6.85. The zero-order chi connectivity index (χ0) is 14.7. The highest BCUT2D eigenvalue weighted by Gasteiger charge is 2.22. The van der Waals surface area contributed by atoms with Crippen molar-refractivity contribution in [3.63, 3.8) is 0 Å². The summed E-state index contributed by atoms with van der Waals surface area (Å²) in [5, 5.41) is 4.05. The van der Waals surface area contributed by atoms with E-state index in [0.29, 0.717) is 32.3 Å². The molecule has 1 N–H and O–H groups in total. The van der Waals surface area contributed by atoms with Gasteiger partial charge in [-0.25, -0.2) is 4.39 Å². The summed E-state index contributed by atoms with van der Waals surface area (Å²) in [4.78, 5) is 4.24. The van der Waals surface area contributed by atoms with Crippen molar-refractivity contribution < 1.29 is 4.39 Å². The fourth-order valence-electron chi connectivity index (χ4n) is 1.94. The largest absolute Gasteiger partial charge is 0.305 e. The van der Waals surface area contributed by atoms with Crippen LogP contribution in [0.5, 0.6) is 0 Å². The van der Waals surface area contributed by atoms with Crippen molar-refractivity contribution in [3.05, 3.63) is 62.1 Å². The van der Waals surface area contributed by atoms with Gasteiger partial charge >= 0.3 is 0 Å². The molecule has 1 atom stereocenters. The predicted molar refractivity (Wildman–Crippen MR) is 83.9 cm³/mol. The summed E-state index contributed by atoms with van der Waals surface area (Å²) in [6.07, 6.45) is 1.50. The van der Waals surface area contributed by atoms with Gasteiger partial charge in [0.15, 0.2) is 0 Å². The molecule has 2 nitrogen and oxygen atoms in total. The molecule has 6 heteroatoms. The average molecular weight is 378 g/mol. The molecule has 0 amide bonds. The van der Waals surface area contributed by atoms with E-state index in [1.807, 2.05) is 6.92 Å². The molecule has 1 aromatic heterocycles. The first-order chi connectivity index (χ1) is 9.54. The second-order valence-corrected chi connectivity index (χ2v) is 5.85. The molecule has 2 rings (SSSR count). The molecule has 0 aliphatic carbocycles. The molecule has 20 heavy (non-hydrogen) atoms. The number of hydrogen-bond acceptors (Lipinski definition) is 2. The summed E-state index contributed by atoms with van der Waals surface area (Å²) in [6, 6.07) is 6.31. The number of nitrogens with one attached hydrogen (secondary N) is 1. The minimum absolute atomic E-state index is 0.328. The van der Waals surface area contributed by atoms with Crippen molar-refractivity contribution in [1.29, 1.82) is 0 Å². The van der Waals surface area contributed by atoms with E-state index in [1.54, 1.807) is 24.3 Å².